The van der Waals surface area contributed by atoms with Crippen LogP contribution < -0.4 is 5.43 Å². The van der Waals surface area contributed by atoms with Crippen LogP contribution in [0.5, 0.6) is 0 Å². The lowest BCUT2D eigenvalue weighted by atomic mass is 10.3. The van der Waals surface area contributed by atoms with Crippen molar-refractivity contribution < 1.29 is 0 Å². The zero-order valence-electron chi connectivity index (χ0n) is 11.1. The van der Waals surface area contributed by atoms with Crippen LogP contribution in [-0.2, 0) is 0 Å². The lowest BCUT2D eigenvalue weighted by molar-refractivity contribution is 1.26. The molecule has 1 N–H and O–H groups in total. The lowest BCUT2D eigenvalue weighted by Gasteiger charge is -2.06. The Hall–Kier alpha value is -1.88. The largest absolute Gasteiger partial charge is 0.275 e. The van der Waals surface area contributed by atoms with Gasteiger partial charge in [-0.05, 0) is 24.3 Å². The number of hydrazone groups is 1. The molecule has 0 aliphatic carbocycles. The number of halogens is 3. The molecule has 1 aromatic heterocycles. The van der Waals surface area contributed by atoms with Gasteiger partial charge < -0.3 is 0 Å². The first-order chi connectivity index (χ1) is 10.6. The Morgan fingerprint density at radius 3 is 2.41 bits per heavy atom. The van der Waals surface area contributed by atoms with E-state index in [4.69, 9.17) is 34.8 Å². The summed E-state index contributed by atoms with van der Waals surface area (Å²) in [5.74, 6) is 0. The topological polar surface area (TPSA) is 50.2 Å². The summed E-state index contributed by atoms with van der Waals surface area (Å²) in [6.07, 6.45) is 3.18. The third kappa shape index (κ3) is 3.30. The van der Waals surface area contributed by atoms with Gasteiger partial charge in [0.2, 0.25) is 0 Å². The molecule has 0 radical (unpaired) electrons. The Bertz CT molecular complexity index is 841. The predicted molar refractivity (Wildman–Crippen MR) is 92.2 cm³/mol. The van der Waals surface area contributed by atoms with Crippen LogP contribution >= 0.6 is 34.8 Å². The molecule has 3 aromatic rings. The maximum atomic E-state index is 6.06. The van der Waals surface area contributed by atoms with Crippen LogP contribution in [-0.4, -0.2) is 16.2 Å². The molecular formula is C15H9Cl3N4. The van der Waals surface area contributed by atoms with E-state index in [0.717, 1.165) is 11.0 Å². The molecule has 0 unspecified atom stereocenters. The van der Waals surface area contributed by atoms with Crippen LogP contribution in [0, 0.1) is 0 Å². The number of anilines is 1. The highest BCUT2D eigenvalue weighted by Crippen LogP contribution is 2.33. The molecule has 4 nitrogen and oxygen atoms in total. The van der Waals surface area contributed by atoms with Gasteiger partial charge in [-0.25, -0.2) is 4.98 Å². The summed E-state index contributed by atoms with van der Waals surface area (Å²) in [7, 11) is 0. The van der Waals surface area contributed by atoms with Crippen molar-refractivity contribution in [1.82, 2.24) is 9.97 Å². The molecule has 7 heteroatoms. The van der Waals surface area contributed by atoms with Crippen molar-refractivity contribution in [3.63, 3.8) is 0 Å². The number of nitrogens with zero attached hydrogens (tertiary/aromatic N) is 3. The molecule has 0 saturated carbocycles. The van der Waals surface area contributed by atoms with Crippen molar-refractivity contribution in [2.75, 3.05) is 5.43 Å². The van der Waals surface area contributed by atoms with Crippen LogP contribution in [0.25, 0.3) is 11.0 Å². The summed E-state index contributed by atoms with van der Waals surface area (Å²) in [4.78, 5) is 8.73. The molecule has 1 heterocycles. The van der Waals surface area contributed by atoms with Crippen molar-refractivity contribution >= 4 is 57.7 Å². The fourth-order valence-electron chi connectivity index (χ4n) is 1.85. The highest BCUT2D eigenvalue weighted by molar-refractivity contribution is 6.41. The number of nitrogens with one attached hydrogen (secondary N) is 1. The van der Waals surface area contributed by atoms with Gasteiger partial charge >= 0.3 is 0 Å². The first-order valence-electron chi connectivity index (χ1n) is 6.29. The van der Waals surface area contributed by atoms with Gasteiger partial charge in [0.25, 0.3) is 0 Å². The number of rotatable bonds is 3. The second-order valence-electron chi connectivity index (χ2n) is 4.40. The standard InChI is InChI=1S/C15H9Cl3N4/c16-9-5-11(17)15(12(18)6-9)22-20-8-10-7-19-13-3-1-2-4-14(13)21-10/h1-8,22H. The zero-order chi connectivity index (χ0) is 15.5. The fraction of sp³-hybridized carbons (Fsp3) is 0. The van der Waals surface area contributed by atoms with Gasteiger partial charge in [0, 0.05) is 5.02 Å². The maximum Gasteiger partial charge on any atom is 0.102 e. The third-order valence-electron chi connectivity index (χ3n) is 2.85. The van der Waals surface area contributed by atoms with Crippen LogP contribution in [0.15, 0.2) is 47.7 Å². The molecular weight excluding hydrogens is 343 g/mol. The maximum absolute atomic E-state index is 6.06. The van der Waals surface area contributed by atoms with Gasteiger partial charge in [-0.15, -0.1) is 0 Å². The van der Waals surface area contributed by atoms with Crippen LogP contribution in [0.4, 0.5) is 5.69 Å². The SMILES string of the molecule is Clc1cc(Cl)c(NN=Cc2cnc3ccccc3n2)c(Cl)c1. The number of hydrogen-bond acceptors (Lipinski definition) is 4. The van der Waals surface area contributed by atoms with Crippen LogP contribution in [0.1, 0.15) is 5.69 Å². The first-order valence-corrected chi connectivity index (χ1v) is 7.42. The molecule has 0 amide bonds. The predicted octanol–water partition coefficient (Wildman–Crippen LogP) is 5.04. The molecule has 0 saturated heterocycles. The molecule has 0 bridgehead atoms. The summed E-state index contributed by atoms with van der Waals surface area (Å²) in [5, 5.41) is 5.32. The van der Waals surface area contributed by atoms with Crippen LogP contribution in [0.3, 0.4) is 0 Å². The summed E-state index contributed by atoms with van der Waals surface area (Å²) in [6, 6.07) is 10.8. The van der Waals surface area contributed by atoms with E-state index in [1.54, 1.807) is 24.5 Å². The summed E-state index contributed by atoms with van der Waals surface area (Å²) >= 11 is 18.0. The van der Waals surface area contributed by atoms with Gasteiger partial charge in [-0.3, -0.25) is 10.4 Å². The highest BCUT2D eigenvalue weighted by Gasteiger charge is 2.06. The van der Waals surface area contributed by atoms with E-state index < -0.39 is 0 Å². The third-order valence-corrected chi connectivity index (χ3v) is 3.66. The van der Waals surface area contributed by atoms with E-state index >= 15 is 0 Å². The summed E-state index contributed by atoms with van der Waals surface area (Å²) in [6.45, 7) is 0. The Morgan fingerprint density at radius 2 is 1.68 bits per heavy atom. The number of fused-ring (bicyclic) bond motifs is 1. The van der Waals surface area contributed by atoms with E-state index in [1.807, 2.05) is 24.3 Å². The van der Waals surface area contributed by atoms with Gasteiger partial charge in [-0.1, -0.05) is 46.9 Å². The summed E-state index contributed by atoms with van der Waals surface area (Å²) in [5.41, 5.74) is 5.52. The average Bonchev–Trinajstić information content (AvgIpc) is 2.49. The molecule has 0 aliphatic heterocycles. The molecule has 3 rings (SSSR count). The second kappa shape index (κ2) is 6.48. The number of hydrogen-bond donors (Lipinski definition) is 1. The van der Waals surface area contributed by atoms with E-state index in [1.165, 1.54) is 0 Å². The smallest absolute Gasteiger partial charge is 0.102 e. The molecule has 22 heavy (non-hydrogen) atoms. The van der Waals surface area contributed by atoms with E-state index in [2.05, 4.69) is 20.5 Å². The molecule has 0 aliphatic rings. The zero-order valence-corrected chi connectivity index (χ0v) is 13.4. The summed E-state index contributed by atoms with van der Waals surface area (Å²) < 4.78 is 0. The van der Waals surface area contributed by atoms with Crippen molar-refractivity contribution in [3.05, 3.63) is 63.4 Å². The Labute approximate surface area is 141 Å². The Balaban J connectivity index is 1.82. The molecule has 0 atom stereocenters. The number of para-hydroxylation sites is 2. The van der Waals surface area contributed by atoms with Gasteiger partial charge in [0.15, 0.2) is 0 Å². The Kier molecular flexibility index (Phi) is 4.43. The first kappa shape index (κ1) is 15.0. The highest BCUT2D eigenvalue weighted by atomic mass is 35.5. The minimum atomic E-state index is 0.388. The molecule has 0 fully saturated rings. The molecule has 2 aromatic carbocycles. The fourth-order valence-corrected chi connectivity index (χ4v) is 2.75. The van der Waals surface area contributed by atoms with Crippen molar-refractivity contribution in [1.29, 1.82) is 0 Å². The van der Waals surface area contributed by atoms with E-state index in [0.29, 0.717) is 26.4 Å². The van der Waals surface area contributed by atoms with Gasteiger partial charge in [-0.2, -0.15) is 5.10 Å². The lowest BCUT2D eigenvalue weighted by Crippen LogP contribution is -1.96. The van der Waals surface area contributed by atoms with Crippen molar-refractivity contribution in [3.8, 4) is 0 Å². The van der Waals surface area contributed by atoms with Crippen molar-refractivity contribution in [2.24, 2.45) is 5.10 Å². The Morgan fingerprint density at radius 1 is 1.00 bits per heavy atom. The normalized spacial score (nSPS) is 11.2. The molecule has 0 spiro atoms. The minimum Gasteiger partial charge on any atom is -0.275 e. The van der Waals surface area contributed by atoms with E-state index in [-0.39, 0.29) is 0 Å². The minimum absolute atomic E-state index is 0.388. The van der Waals surface area contributed by atoms with Gasteiger partial charge in [0.05, 0.1) is 39.2 Å². The average molecular weight is 352 g/mol. The van der Waals surface area contributed by atoms with Gasteiger partial charge in [0.1, 0.15) is 5.69 Å². The van der Waals surface area contributed by atoms with E-state index in [9.17, 15) is 0 Å². The van der Waals surface area contributed by atoms with Crippen molar-refractivity contribution in [2.45, 2.75) is 0 Å². The quantitative estimate of drug-likeness (QED) is 0.531. The van der Waals surface area contributed by atoms with Crippen LogP contribution in [0.2, 0.25) is 15.1 Å². The monoisotopic (exact) mass is 350 g/mol. The number of benzene rings is 2. The second-order valence-corrected chi connectivity index (χ2v) is 5.65. The molecule has 110 valence electrons. The number of aromatic nitrogens is 2.